The molecule has 2 N–H and O–H groups in total. The van der Waals surface area contributed by atoms with Crippen LogP contribution in [0.3, 0.4) is 0 Å². The van der Waals surface area contributed by atoms with E-state index in [1.54, 1.807) is 13.0 Å². The molecule has 2 atom stereocenters. The van der Waals surface area contributed by atoms with Crippen molar-refractivity contribution in [2.24, 2.45) is 5.92 Å². The second-order valence-corrected chi connectivity index (χ2v) is 9.82. The number of anilines is 2. The molecule has 0 aromatic heterocycles. The smallest absolute Gasteiger partial charge is 0.266 e. The molecule has 4 saturated heterocycles. The number of benzene rings is 2. The highest BCUT2D eigenvalue weighted by Gasteiger charge is 2.35. The number of amides is 1. The Morgan fingerprint density at radius 2 is 1.77 bits per heavy atom. The maximum Gasteiger partial charge on any atom is 0.266 e. The molecule has 2 aromatic carbocycles. The molecule has 0 spiro atoms. The normalized spacial score (nSPS) is 24.3. The molecule has 9 heteroatoms. The molecule has 2 bridgehead atoms. The van der Waals surface area contributed by atoms with Gasteiger partial charge in [-0.25, -0.2) is 17.6 Å². The van der Waals surface area contributed by atoms with Crippen molar-refractivity contribution in [1.82, 2.24) is 10.2 Å². The fourth-order valence-electron chi connectivity index (χ4n) is 5.42. The van der Waals surface area contributed by atoms with Crippen molar-refractivity contribution in [3.8, 4) is 0 Å². The Labute approximate surface area is 202 Å². The SMILES string of the molecule is C[C@@H](NC(=O)c1cc(N2CCC2)c(F)cc1N[C@@H]1CN2CCC1CC2)c1cccc(C(F)F)c1F. The highest BCUT2D eigenvalue weighted by atomic mass is 19.3. The molecule has 4 fully saturated rings. The van der Waals surface area contributed by atoms with E-state index in [1.165, 1.54) is 18.2 Å². The summed E-state index contributed by atoms with van der Waals surface area (Å²) in [4.78, 5) is 17.6. The van der Waals surface area contributed by atoms with Gasteiger partial charge in [-0.2, -0.15) is 0 Å². The zero-order chi connectivity index (χ0) is 24.7. The third kappa shape index (κ3) is 4.70. The first-order valence-electron chi connectivity index (χ1n) is 12.3. The van der Waals surface area contributed by atoms with Crippen LogP contribution in [0.5, 0.6) is 0 Å². The molecule has 1 amide bonds. The van der Waals surface area contributed by atoms with E-state index in [0.717, 1.165) is 45.0 Å². The molecule has 4 aliphatic rings. The number of nitrogens with one attached hydrogen (secondary N) is 2. The predicted molar refractivity (Wildman–Crippen MR) is 127 cm³/mol. The maximum atomic E-state index is 15.1. The average molecular weight is 491 g/mol. The second kappa shape index (κ2) is 9.68. The monoisotopic (exact) mass is 490 g/mol. The van der Waals surface area contributed by atoms with Gasteiger partial charge in [0.2, 0.25) is 0 Å². The minimum atomic E-state index is -2.95. The van der Waals surface area contributed by atoms with Crippen molar-refractivity contribution in [3.63, 3.8) is 0 Å². The third-order valence-electron chi connectivity index (χ3n) is 7.63. The van der Waals surface area contributed by atoms with Crippen molar-refractivity contribution >= 4 is 17.3 Å². The number of hydrogen-bond donors (Lipinski definition) is 2. The molecule has 2 aromatic rings. The lowest BCUT2D eigenvalue weighted by atomic mass is 9.84. The van der Waals surface area contributed by atoms with Gasteiger partial charge in [-0.05, 0) is 57.3 Å². The molecule has 4 aliphatic heterocycles. The van der Waals surface area contributed by atoms with Crippen molar-refractivity contribution in [3.05, 3.63) is 58.7 Å². The van der Waals surface area contributed by atoms with Crippen molar-refractivity contribution in [2.45, 2.75) is 44.7 Å². The maximum absolute atomic E-state index is 15.1. The summed E-state index contributed by atoms with van der Waals surface area (Å²) in [6, 6.07) is 5.94. The lowest BCUT2D eigenvalue weighted by Gasteiger charge is -2.45. The van der Waals surface area contributed by atoms with E-state index in [4.69, 9.17) is 0 Å². The summed E-state index contributed by atoms with van der Waals surface area (Å²) >= 11 is 0. The fraction of sp³-hybridized carbons (Fsp3) is 0.500. The molecule has 0 saturated carbocycles. The summed E-state index contributed by atoms with van der Waals surface area (Å²) in [5.74, 6) is -1.47. The topological polar surface area (TPSA) is 47.6 Å². The van der Waals surface area contributed by atoms with Crippen molar-refractivity contribution < 1.29 is 22.4 Å². The Kier molecular flexibility index (Phi) is 6.61. The van der Waals surface area contributed by atoms with Gasteiger partial charge in [0.05, 0.1) is 28.5 Å². The Hall–Kier alpha value is -2.81. The van der Waals surface area contributed by atoms with Crippen LogP contribution in [0.4, 0.5) is 28.9 Å². The number of carbonyl (C=O) groups is 1. The molecule has 0 aliphatic carbocycles. The van der Waals surface area contributed by atoms with E-state index >= 15 is 4.39 Å². The lowest BCUT2D eigenvalue weighted by Crippen LogP contribution is -2.53. The number of fused-ring (bicyclic) bond motifs is 3. The number of hydrogen-bond acceptors (Lipinski definition) is 4. The fourth-order valence-corrected chi connectivity index (χ4v) is 5.42. The summed E-state index contributed by atoms with van der Waals surface area (Å²) in [5, 5.41) is 6.16. The van der Waals surface area contributed by atoms with Gasteiger partial charge >= 0.3 is 0 Å². The van der Waals surface area contributed by atoms with E-state index < -0.39 is 35.6 Å². The Balaban J connectivity index is 1.43. The highest BCUT2D eigenvalue weighted by Crippen LogP contribution is 2.35. The van der Waals surface area contributed by atoms with Crippen LogP contribution in [0.2, 0.25) is 0 Å². The van der Waals surface area contributed by atoms with E-state index in [2.05, 4.69) is 15.5 Å². The first kappa shape index (κ1) is 23.9. The number of alkyl halides is 2. The Morgan fingerprint density at radius 3 is 2.37 bits per heavy atom. The number of halogens is 4. The Morgan fingerprint density at radius 1 is 1.06 bits per heavy atom. The summed E-state index contributed by atoms with van der Waals surface area (Å²) in [6.45, 7) is 5.92. The van der Waals surface area contributed by atoms with E-state index in [0.29, 0.717) is 30.4 Å². The molecular weight excluding hydrogens is 460 g/mol. The standard InChI is InChI=1S/C26H30F4N4O/c1-15(17-4-2-5-18(24(17)28)25(29)30)31-26(35)19-12-23(34-8-3-9-34)20(27)13-21(19)32-22-14-33-10-6-16(22)7-11-33/h2,4-5,12-13,15-16,22,25,32H,3,6-11,14H2,1H3,(H,31,35)/t15-,22-/m1/s1. The largest absolute Gasteiger partial charge is 0.380 e. The first-order chi connectivity index (χ1) is 16.8. The van der Waals surface area contributed by atoms with E-state index in [-0.39, 0.29) is 17.2 Å². The van der Waals surface area contributed by atoms with Gasteiger partial charge in [-0.15, -0.1) is 0 Å². The third-order valence-corrected chi connectivity index (χ3v) is 7.63. The van der Waals surface area contributed by atoms with Crippen LogP contribution in [0, 0.1) is 17.6 Å². The van der Waals surface area contributed by atoms with Gasteiger partial charge in [-0.1, -0.05) is 18.2 Å². The van der Waals surface area contributed by atoms with Crippen LogP contribution < -0.4 is 15.5 Å². The average Bonchev–Trinajstić information content (AvgIpc) is 2.80. The van der Waals surface area contributed by atoms with E-state index in [9.17, 15) is 18.0 Å². The Bertz CT molecular complexity index is 1100. The zero-order valence-corrected chi connectivity index (χ0v) is 19.7. The lowest BCUT2D eigenvalue weighted by molar-refractivity contribution is 0.0934. The molecule has 0 radical (unpaired) electrons. The quantitative estimate of drug-likeness (QED) is 0.530. The minimum Gasteiger partial charge on any atom is -0.380 e. The van der Waals surface area contributed by atoms with Crippen LogP contribution in [-0.4, -0.2) is 49.6 Å². The molecular formula is C26H30F4N4O. The van der Waals surface area contributed by atoms with Crippen LogP contribution in [0.25, 0.3) is 0 Å². The minimum absolute atomic E-state index is 0.0203. The van der Waals surface area contributed by atoms with Gasteiger partial charge in [0.15, 0.2) is 0 Å². The predicted octanol–water partition coefficient (Wildman–Crippen LogP) is 5.11. The second-order valence-electron chi connectivity index (χ2n) is 9.82. The van der Waals surface area contributed by atoms with Crippen LogP contribution >= 0.6 is 0 Å². The summed E-state index contributed by atoms with van der Waals surface area (Å²) in [7, 11) is 0. The van der Waals surface area contributed by atoms with Crippen molar-refractivity contribution in [1.29, 1.82) is 0 Å². The number of carbonyl (C=O) groups excluding carboxylic acids is 1. The molecule has 0 unspecified atom stereocenters. The van der Waals surface area contributed by atoms with Crippen LogP contribution in [0.15, 0.2) is 30.3 Å². The molecule has 6 rings (SSSR count). The molecule has 35 heavy (non-hydrogen) atoms. The van der Waals surface area contributed by atoms with Gasteiger partial charge in [0.1, 0.15) is 11.6 Å². The number of rotatable bonds is 7. The van der Waals surface area contributed by atoms with Gasteiger partial charge < -0.3 is 20.4 Å². The molecule has 4 heterocycles. The summed E-state index contributed by atoms with van der Waals surface area (Å²) in [6.07, 6.45) is 0.123. The van der Waals surface area contributed by atoms with Crippen LogP contribution in [0.1, 0.15) is 60.1 Å². The molecule has 5 nitrogen and oxygen atoms in total. The molecule has 188 valence electrons. The number of nitrogens with zero attached hydrogens (tertiary/aromatic N) is 2. The van der Waals surface area contributed by atoms with Gasteiger partial charge in [-0.3, -0.25) is 4.79 Å². The zero-order valence-electron chi connectivity index (χ0n) is 19.7. The highest BCUT2D eigenvalue weighted by molar-refractivity contribution is 6.01. The van der Waals surface area contributed by atoms with E-state index in [1.807, 2.05) is 4.90 Å². The summed E-state index contributed by atoms with van der Waals surface area (Å²) < 4.78 is 56.0. The number of piperidine rings is 3. The van der Waals surface area contributed by atoms with Crippen LogP contribution in [-0.2, 0) is 0 Å². The van der Waals surface area contributed by atoms with Crippen molar-refractivity contribution in [2.75, 3.05) is 42.9 Å². The summed E-state index contributed by atoms with van der Waals surface area (Å²) in [5.41, 5.74) is 0.307. The first-order valence-corrected chi connectivity index (χ1v) is 12.3. The van der Waals surface area contributed by atoms with Gasteiger partial charge in [0.25, 0.3) is 12.3 Å². The van der Waals surface area contributed by atoms with Gasteiger partial charge in [0, 0.05) is 31.2 Å².